The van der Waals surface area contributed by atoms with Gasteiger partial charge in [0.05, 0.1) is 11.6 Å². The Morgan fingerprint density at radius 3 is 2.63 bits per heavy atom. The molecule has 184 valence electrons. The van der Waals surface area contributed by atoms with Crippen LogP contribution in [-0.2, 0) is 4.79 Å². The Labute approximate surface area is 200 Å². The number of benzene rings is 1. The van der Waals surface area contributed by atoms with Gasteiger partial charge in [0, 0.05) is 24.0 Å². The highest BCUT2D eigenvalue weighted by Gasteiger charge is 2.55. The highest BCUT2D eigenvalue weighted by Crippen LogP contribution is 2.47. The number of aryl methyl sites for hydroxylation is 1. The molecule has 35 heavy (non-hydrogen) atoms. The van der Waals surface area contributed by atoms with E-state index in [0.717, 1.165) is 0 Å². The van der Waals surface area contributed by atoms with Crippen molar-refractivity contribution >= 4 is 17.5 Å². The van der Waals surface area contributed by atoms with Crippen LogP contribution in [0.15, 0.2) is 42.7 Å². The fourth-order valence-electron chi connectivity index (χ4n) is 5.17. The molecule has 2 heterocycles. The van der Waals surface area contributed by atoms with Crippen LogP contribution >= 0.6 is 0 Å². The van der Waals surface area contributed by atoms with E-state index in [1.165, 1.54) is 35.0 Å². The molecule has 2 amide bonds. The van der Waals surface area contributed by atoms with Crippen LogP contribution in [0.3, 0.4) is 0 Å². The molecule has 0 saturated heterocycles. The smallest absolute Gasteiger partial charge is 0.271 e. The molecule has 0 spiro atoms. The number of ether oxygens (including phenoxy) is 1. The first-order chi connectivity index (χ1) is 16.7. The Morgan fingerprint density at radius 1 is 1.14 bits per heavy atom. The summed E-state index contributed by atoms with van der Waals surface area (Å²) in [7, 11) is 0. The van der Waals surface area contributed by atoms with E-state index in [2.05, 4.69) is 15.6 Å². The average Bonchev–Trinajstić information content (AvgIpc) is 3.24. The van der Waals surface area contributed by atoms with Crippen LogP contribution < -0.4 is 15.4 Å². The van der Waals surface area contributed by atoms with Gasteiger partial charge in [-0.3, -0.25) is 9.59 Å². The zero-order valence-electron chi connectivity index (χ0n) is 19.2. The minimum Gasteiger partial charge on any atom is -0.484 e. The fraction of sp³-hybridized carbons (Fsp3) is 0.400. The SMILES string of the molecule is Cc1ccc(OCC(=O)NC23CCC(NC(=O)c4cn5cc(F)ccc5n4)(CC2)CC3O)cc1F. The number of hydrogen-bond donors (Lipinski definition) is 3. The molecule has 1 unspecified atom stereocenters. The molecule has 3 N–H and O–H groups in total. The van der Waals surface area contributed by atoms with Crippen LogP contribution in [0.1, 0.15) is 48.2 Å². The van der Waals surface area contributed by atoms with Crippen molar-refractivity contribution in [2.45, 2.75) is 56.2 Å². The van der Waals surface area contributed by atoms with Crippen molar-refractivity contribution < 1.29 is 28.2 Å². The lowest BCUT2D eigenvalue weighted by molar-refractivity contribution is -0.132. The van der Waals surface area contributed by atoms with Crippen LogP contribution in [0.5, 0.6) is 5.75 Å². The monoisotopic (exact) mass is 484 g/mol. The third-order valence-electron chi connectivity index (χ3n) is 7.25. The summed E-state index contributed by atoms with van der Waals surface area (Å²) in [4.78, 5) is 29.7. The Morgan fingerprint density at radius 2 is 1.91 bits per heavy atom. The minimum absolute atomic E-state index is 0.167. The average molecular weight is 485 g/mol. The van der Waals surface area contributed by atoms with Crippen molar-refractivity contribution in [1.82, 2.24) is 20.0 Å². The number of carbonyl (C=O) groups is 2. The number of fused-ring (bicyclic) bond motifs is 4. The molecule has 3 aliphatic carbocycles. The predicted octanol–water partition coefficient (Wildman–Crippen LogP) is 2.66. The number of halogens is 2. The van der Waals surface area contributed by atoms with E-state index in [0.29, 0.717) is 36.9 Å². The number of rotatable bonds is 6. The molecule has 1 atom stereocenters. The lowest BCUT2D eigenvalue weighted by Gasteiger charge is -2.56. The second kappa shape index (κ2) is 8.60. The number of amides is 2. The molecule has 3 fully saturated rings. The molecule has 0 aliphatic heterocycles. The standard InChI is InChI=1S/C25H26F2N4O4/c1-15-2-4-17(10-18(15)27)35-14-22(33)29-25-8-6-24(7-9-25,11-20(25)32)30-23(34)19-13-31-12-16(26)3-5-21(31)28-19/h2-5,10,12-13,20,32H,6-9,11,14H2,1H3,(H,29,33)(H,30,34). The number of imidazole rings is 1. The maximum atomic E-state index is 13.7. The Kier molecular flexibility index (Phi) is 5.71. The van der Waals surface area contributed by atoms with Gasteiger partial charge < -0.3 is 24.9 Å². The van der Waals surface area contributed by atoms with Gasteiger partial charge in [-0.15, -0.1) is 0 Å². The molecule has 8 nitrogen and oxygen atoms in total. The first-order valence-electron chi connectivity index (χ1n) is 11.5. The summed E-state index contributed by atoms with van der Waals surface area (Å²) in [5.74, 6) is -1.38. The first-order valence-corrected chi connectivity index (χ1v) is 11.5. The molecule has 3 saturated carbocycles. The van der Waals surface area contributed by atoms with E-state index in [1.807, 2.05) is 0 Å². The lowest BCUT2D eigenvalue weighted by Crippen LogP contribution is -2.70. The van der Waals surface area contributed by atoms with Gasteiger partial charge in [-0.2, -0.15) is 0 Å². The summed E-state index contributed by atoms with van der Waals surface area (Å²) >= 11 is 0. The van der Waals surface area contributed by atoms with Gasteiger partial charge in [-0.25, -0.2) is 13.8 Å². The van der Waals surface area contributed by atoms with E-state index in [9.17, 15) is 23.5 Å². The minimum atomic E-state index is -0.860. The fourth-order valence-corrected chi connectivity index (χ4v) is 5.17. The number of hydrogen-bond acceptors (Lipinski definition) is 5. The van der Waals surface area contributed by atoms with Crippen LogP contribution in [-0.4, -0.2) is 50.1 Å². The summed E-state index contributed by atoms with van der Waals surface area (Å²) in [6.07, 6.45) is 4.25. The number of carbonyl (C=O) groups excluding carboxylic acids is 2. The second-order valence-electron chi connectivity index (χ2n) is 9.60. The maximum absolute atomic E-state index is 13.7. The van der Waals surface area contributed by atoms with Gasteiger partial charge in [-0.05, 0) is 62.8 Å². The van der Waals surface area contributed by atoms with Crippen LogP contribution in [0.25, 0.3) is 5.65 Å². The molecule has 3 aromatic rings. The van der Waals surface area contributed by atoms with Crippen LogP contribution in [0.4, 0.5) is 8.78 Å². The zero-order chi connectivity index (χ0) is 24.8. The molecule has 1 aromatic carbocycles. The van der Waals surface area contributed by atoms with Crippen molar-refractivity contribution in [1.29, 1.82) is 0 Å². The number of aliphatic hydroxyl groups is 1. The van der Waals surface area contributed by atoms with Gasteiger partial charge >= 0.3 is 0 Å². The molecule has 3 aliphatic rings. The highest BCUT2D eigenvalue weighted by atomic mass is 19.1. The maximum Gasteiger partial charge on any atom is 0.271 e. The quantitative estimate of drug-likeness (QED) is 0.499. The van der Waals surface area contributed by atoms with E-state index in [4.69, 9.17) is 4.74 Å². The molecule has 10 heteroatoms. The number of aliphatic hydroxyl groups excluding tert-OH is 1. The number of nitrogens with zero attached hydrogens (tertiary/aromatic N) is 2. The van der Waals surface area contributed by atoms with Gasteiger partial charge in [0.2, 0.25) is 0 Å². The largest absolute Gasteiger partial charge is 0.484 e. The van der Waals surface area contributed by atoms with Gasteiger partial charge in [0.15, 0.2) is 6.61 Å². The van der Waals surface area contributed by atoms with Crippen molar-refractivity contribution in [3.05, 3.63) is 65.6 Å². The van der Waals surface area contributed by atoms with Crippen molar-refractivity contribution in [3.8, 4) is 5.75 Å². The molecular weight excluding hydrogens is 458 g/mol. The lowest BCUT2D eigenvalue weighted by atomic mass is 9.60. The van der Waals surface area contributed by atoms with E-state index in [1.54, 1.807) is 19.1 Å². The zero-order valence-corrected chi connectivity index (χ0v) is 19.2. The van der Waals surface area contributed by atoms with E-state index in [-0.39, 0.29) is 24.5 Å². The first kappa shape index (κ1) is 23.2. The normalized spacial score (nSPS) is 25.4. The molecule has 0 radical (unpaired) electrons. The third-order valence-corrected chi connectivity index (χ3v) is 7.25. The molecule has 6 rings (SSSR count). The highest BCUT2D eigenvalue weighted by molar-refractivity contribution is 5.93. The summed E-state index contributed by atoms with van der Waals surface area (Å²) in [6.45, 7) is 1.34. The summed E-state index contributed by atoms with van der Waals surface area (Å²) < 4.78 is 34.0. The summed E-state index contributed by atoms with van der Waals surface area (Å²) in [5, 5.41) is 16.9. The summed E-state index contributed by atoms with van der Waals surface area (Å²) in [6, 6.07) is 7.17. The van der Waals surface area contributed by atoms with E-state index < -0.39 is 40.6 Å². The number of aromatic nitrogens is 2. The van der Waals surface area contributed by atoms with Crippen molar-refractivity contribution in [2.24, 2.45) is 0 Å². The van der Waals surface area contributed by atoms with Crippen LogP contribution in [0, 0.1) is 18.6 Å². The molecule has 2 aromatic heterocycles. The van der Waals surface area contributed by atoms with Crippen LogP contribution in [0.2, 0.25) is 0 Å². The van der Waals surface area contributed by atoms with E-state index >= 15 is 0 Å². The number of nitrogens with one attached hydrogen (secondary N) is 2. The third kappa shape index (κ3) is 4.45. The molecular formula is C25H26F2N4O4. The Balaban J connectivity index is 1.20. The van der Waals surface area contributed by atoms with Crippen molar-refractivity contribution in [3.63, 3.8) is 0 Å². The Bertz CT molecular complexity index is 1300. The molecule has 2 bridgehead atoms. The van der Waals surface area contributed by atoms with Crippen molar-refractivity contribution in [2.75, 3.05) is 6.61 Å². The second-order valence-corrected chi connectivity index (χ2v) is 9.60. The van der Waals surface area contributed by atoms with Gasteiger partial charge in [0.1, 0.15) is 28.7 Å². The van der Waals surface area contributed by atoms with Gasteiger partial charge in [-0.1, -0.05) is 6.07 Å². The Hall–Kier alpha value is -3.53. The van der Waals surface area contributed by atoms with Gasteiger partial charge in [0.25, 0.3) is 11.8 Å². The predicted molar refractivity (Wildman–Crippen MR) is 122 cm³/mol. The topological polar surface area (TPSA) is 105 Å². The summed E-state index contributed by atoms with van der Waals surface area (Å²) in [5.41, 5.74) is -0.302. The number of pyridine rings is 1.